The number of nitrogens with one attached hydrogen (secondary N) is 1. The molecule has 0 saturated carbocycles. The van der Waals surface area contributed by atoms with Crippen LogP contribution in [0.15, 0.2) is 58.0 Å². The third kappa shape index (κ3) is 4.93. The minimum Gasteiger partial charge on any atom is -0.496 e. The van der Waals surface area contributed by atoms with Crippen molar-refractivity contribution in [3.63, 3.8) is 0 Å². The van der Waals surface area contributed by atoms with Gasteiger partial charge < -0.3 is 9.15 Å². The number of carbonyl (C=O) groups excluding carboxylic acids is 1. The van der Waals surface area contributed by atoms with E-state index in [-0.39, 0.29) is 10.7 Å². The molecule has 0 fully saturated rings. The van der Waals surface area contributed by atoms with E-state index in [4.69, 9.17) is 20.8 Å². The number of carbonyl (C=O) groups is 1. The molecule has 148 valence electrons. The quantitative estimate of drug-likeness (QED) is 0.214. The zero-order valence-electron chi connectivity index (χ0n) is 14.9. The topological polar surface area (TPSA) is 107 Å². The maximum Gasteiger partial charge on any atom is 0.271 e. The molecule has 0 atom stereocenters. The number of benzene rings is 2. The van der Waals surface area contributed by atoms with Gasteiger partial charge in [0.1, 0.15) is 17.3 Å². The lowest BCUT2D eigenvalue weighted by Crippen LogP contribution is -2.17. The first-order valence-corrected chi connectivity index (χ1v) is 9.56. The molecule has 0 spiro atoms. The van der Waals surface area contributed by atoms with E-state index in [2.05, 4.69) is 33.1 Å². The zero-order valence-corrected chi connectivity index (χ0v) is 17.8. The molecule has 0 saturated heterocycles. The summed E-state index contributed by atoms with van der Waals surface area (Å²) in [6.07, 6.45) is 1.34. The number of hydrazone groups is 1. The van der Waals surface area contributed by atoms with E-state index in [9.17, 15) is 14.9 Å². The van der Waals surface area contributed by atoms with E-state index in [1.807, 2.05) is 0 Å². The van der Waals surface area contributed by atoms with Crippen molar-refractivity contribution in [3.8, 4) is 17.1 Å². The van der Waals surface area contributed by atoms with Gasteiger partial charge in [-0.15, -0.1) is 0 Å². The third-order valence-corrected chi connectivity index (χ3v) is 5.03. The monoisotopic (exact) mass is 525 g/mol. The van der Waals surface area contributed by atoms with Crippen LogP contribution in [0.1, 0.15) is 16.1 Å². The number of nitrogens with zero attached hydrogens (tertiary/aromatic N) is 2. The van der Waals surface area contributed by atoms with Crippen molar-refractivity contribution in [1.82, 2.24) is 5.43 Å². The van der Waals surface area contributed by atoms with Gasteiger partial charge in [0.25, 0.3) is 11.6 Å². The molecule has 0 aliphatic rings. The van der Waals surface area contributed by atoms with Crippen LogP contribution in [0, 0.1) is 13.7 Å². The molecule has 2 aromatic carbocycles. The van der Waals surface area contributed by atoms with Crippen LogP contribution < -0.4 is 10.2 Å². The van der Waals surface area contributed by atoms with Gasteiger partial charge in [-0.2, -0.15) is 5.10 Å². The summed E-state index contributed by atoms with van der Waals surface area (Å²) in [7, 11) is 1.53. The van der Waals surface area contributed by atoms with Crippen molar-refractivity contribution in [2.24, 2.45) is 5.10 Å². The van der Waals surface area contributed by atoms with Crippen LogP contribution in [0.5, 0.6) is 5.75 Å². The lowest BCUT2D eigenvalue weighted by atomic mass is 10.1. The fourth-order valence-corrected chi connectivity index (χ4v) is 3.23. The van der Waals surface area contributed by atoms with Gasteiger partial charge in [-0.05, 0) is 59.0 Å². The molecule has 29 heavy (non-hydrogen) atoms. The number of halogens is 2. The number of methoxy groups -OCH3 is 1. The van der Waals surface area contributed by atoms with Crippen molar-refractivity contribution < 1.29 is 18.9 Å². The van der Waals surface area contributed by atoms with E-state index >= 15 is 0 Å². The van der Waals surface area contributed by atoms with Gasteiger partial charge in [-0.1, -0.05) is 11.6 Å². The highest BCUT2D eigenvalue weighted by Gasteiger charge is 2.13. The third-order valence-electron chi connectivity index (χ3n) is 3.83. The fourth-order valence-electron chi connectivity index (χ4n) is 2.40. The molecule has 1 amide bonds. The van der Waals surface area contributed by atoms with E-state index < -0.39 is 10.8 Å². The second-order valence-electron chi connectivity index (χ2n) is 5.67. The summed E-state index contributed by atoms with van der Waals surface area (Å²) in [5.41, 5.74) is 3.21. The maximum absolute atomic E-state index is 12.2. The molecule has 0 aliphatic heterocycles. The largest absolute Gasteiger partial charge is 0.496 e. The Morgan fingerprint density at radius 1 is 1.28 bits per heavy atom. The highest BCUT2D eigenvalue weighted by Crippen LogP contribution is 2.32. The normalized spacial score (nSPS) is 10.9. The number of nitro benzene ring substituents is 1. The standard InChI is InChI=1S/C19H13ClIN3O5/c1-28-18-8-11(2-6-16(18)21)19(25)23-22-10-13-4-7-17(29-13)14-5-3-12(24(26)27)9-15(14)20/h2-10H,1H3,(H,23,25)/b22-10-. The molecule has 0 unspecified atom stereocenters. The Kier molecular flexibility index (Phi) is 6.49. The molecular weight excluding hydrogens is 513 g/mol. The first kappa shape index (κ1) is 20.8. The smallest absolute Gasteiger partial charge is 0.271 e. The maximum atomic E-state index is 12.2. The number of non-ortho nitro benzene ring substituents is 1. The molecule has 8 nitrogen and oxygen atoms in total. The summed E-state index contributed by atoms with van der Waals surface area (Å²) in [5, 5.41) is 14.9. The molecule has 3 aromatic rings. The second-order valence-corrected chi connectivity index (χ2v) is 7.24. The molecule has 1 heterocycles. The Hall–Kier alpha value is -2.92. The molecule has 10 heteroatoms. The van der Waals surface area contributed by atoms with Gasteiger partial charge in [0, 0.05) is 23.3 Å². The van der Waals surface area contributed by atoms with Crippen LogP contribution in [-0.4, -0.2) is 24.2 Å². The summed E-state index contributed by atoms with van der Waals surface area (Å²) in [6, 6.07) is 12.4. The van der Waals surface area contributed by atoms with Crippen LogP contribution >= 0.6 is 34.2 Å². The van der Waals surface area contributed by atoms with Crippen LogP contribution in [0.3, 0.4) is 0 Å². The van der Waals surface area contributed by atoms with Gasteiger partial charge in [0.2, 0.25) is 0 Å². The SMILES string of the molecule is COc1cc(C(=O)N/N=C\c2ccc(-c3ccc([N+](=O)[O-])cc3Cl)o2)ccc1I. The van der Waals surface area contributed by atoms with Crippen LogP contribution in [0.4, 0.5) is 5.69 Å². The van der Waals surface area contributed by atoms with Gasteiger partial charge in [-0.3, -0.25) is 14.9 Å². The molecule has 0 radical (unpaired) electrons. The van der Waals surface area contributed by atoms with Crippen LogP contribution in [-0.2, 0) is 0 Å². The van der Waals surface area contributed by atoms with Gasteiger partial charge in [-0.25, -0.2) is 5.43 Å². The first-order chi connectivity index (χ1) is 13.9. The minimum absolute atomic E-state index is 0.109. The van der Waals surface area contributed by atoms with Crippen molar-refractivity contribution in [2.75, 3.05) is 7.11 Å². The number of hydrogen-bond donors (Lipinski definition) is 1. The predicted molar refractivity (Wildman–Crippen MR) is 117 cm³/mol. The lowest BCUT2D eigenvalue weighted by molar-refractivity contribution is -0.384. The molecule has 1 N–H and O–H groups in total. The van der Waals surface area contributed by atoms with Crippen molar-refractivity contribution in [3.05, 3.63) is 78.6 Å². The van der Waals surface area contributed by atoms with E-state index in [1.54, 1.807) is 30.3 Å². The molecule has 0 bridgehead atoms. The number of amides is 1. The average molecular weight is 526 g/mol. The summed E-state index contributed by atoms with van der Waals surface area (Å²) < 4.78 is 11.7. The summed E-state index contributed by atoms with van der Waals surface area (Å²) >= 11 is 8.21. The zero-order chi connectivity index (χ0) is 21.0. The molecule has 1 aromatic heterocycles. The Bertz CT molecular complexity index is 1110. The van der Waals surface area contributed by atoms with Gasteiger partial charge >= 0.3 is 0 Å². The molecule has 3 rings (SSSR count). The molecular formula is C19H13ClIN3O5. The second kappa shape index (κ2) is 9.05. The van der Waals surface area contributed by atoms with E-state index in [0.717, 1.165) is 3.57 Å². The van der Waals surface area contributed by atoms with Crippen molar-refractivity contribution in [1.29, 1.82) is 0 Å². The fraction of sp³-hybridized carbons (Fsp3) is 0.0526. The number of ether oxygens (including phenoxy) is 1. The van der Waals surface area contributed by atoms with E-state index in [0.29, 0.717) is 28.4 Å². The van der Waals surface area contributed by atoms with Gasteiger partial charge in [0.15, 0.2) is 0 Å². The number of furan rings is 1. The molecule has 0 aliphatic carbocycles. The summed E-state index contributed by atoms with van der Waals surface area (Å²) in [5.74, 6) is 0.981. The van der Waals surface area contributed by atoms with Crippen molar-refractivity contribution in [2.45, 2.75) is 0 Å². The Balaban J connectivity index is 1.69. The van der Waals surface area contributed by atoms with Crippen molar-refractivity contribution >= 4 is 52.0 Å². The average Bonchev–Trinajstić information content (AvgIpc) is 3.16. The highest BCUT2D eigenvalue weighted by atomic mass is 127. The van der Waals surface area contributed by atoms with Gasteiger partial charge in [0.05, 0.1) is 26.8 Å². The number of rotatable bonds is 6. The summed E-state index contributed by atoms with van der Waals surface area (Å²) in [4.78, 5) is 22.5. The Labute approximate surface area is 183 Å². The minimum atomic E-state index is -0.526. The number of hydrogen-bond acceptors (Lipinski definition) is 6. The van der Waals surface area contributed by atoms with Crippen LogP contribution in [0.2, 0.25) is 5.02 Å². The lowest BCUT2D eigenvalue weighted by Gasteiger charge is -2.05. The Morgan fingerprint density at radius 2 is 2.07 bits per heavy atom. The van der Waals surface area contributed by atoms with E-state index in [1.165, 1.54) is 31.5 Å². The predicted octanol–water partition coefficient (Wildman–Crippen LogP) is 4.89. The highest BCUT2D eigenvalue weighted by molar-refractivity contribution is 14.1. The summed E-state index contributed by atoms with van der Waals surface area (Å²) in [6.45, 7) is 0. The number of nitro groups is 1. The van der Waals surface area contributed by atoms with Crippen LogP contribution in [0.25, 0.3) is 11.3 Å². The first-order valence-electron chi connectivity index (χ1n) is 8.10. The Morgan fingerprint density at radius 3 is 2.76 bits per heavy atom.